The zero-order valence-corrected chi connectivity index (χ0v) is 15.3. The van der Waals surface area contributed by atoms with E-state index in [-0.39, 0.29) is 12.5 Å². The number of likely N-dealkylation sites (tertiary alicyclic amines) is 1. The number of amides is 3. The maximum atomic E-state index is 12.4. The van der Waals surface area contributed by atoms with Crippen molar-refractivity contribution in [1.82, 2.24) is 15.5 Å². The molecule has 0 radical (unpaired) electrons. The van der Waals surface area contributed by atoms with Crippen molar-refractivity contribution in [1.29, 1.82) is 0 Å². The lowest BCUT2D eigenvalue weighted by atomic mass is 10.1. The first-order chi connectivity index (χ1) is 11.8. The number of nitrogens with zero attached hydrogens (tertiary/aromatic N) is 1. The monoisotopic (exact) mass is 374 g/mol. The number of hydrogen-bond donors (Lipinski definition) is 4. The molecule has 1 fully saturated rings. The third-order valence-corrected chi connectivity index (χ3v) is 4.57. The van der Waals surface area contributed by atoms with Crippen molar-refractivity contribution in [3.63, 3.8) is 0 Å². The summed E-state index contributed by atoms with van der Waals surface area (Å²) in [6, 6.07) is -2.41. The lowest BCUT2D eigenvalue weighted by Crippen LogP contribution is -2.53. The summed E-state index contributed by atoms with van der Waals surface area (Å²) in [4.78, 5) is 48.7. The summed E-state index contributed by atoms with van der Waals surface area (Å²) < 4.78 is 0. The van der Waals surface area contributed by atoms with Crippen molar-refractivity contribution in [3.05, 3.63) is 0 Å². The summed E-state index contributed by atoms with van der Waals surface area (Å²) in [5.41, 5.74) is 5.42. The van der Waals surface area contributed by atoms with E-state index in [1.165, 1.54) is 23.6 Å². The molecule has 10 heteroatoms. The zero-order valence-electron chi connectivity index (χ0n) is 14.5. The molecule has 1 aliphatic heterocycles. The molecule has 142 valence electrons. The summed E-state index contributed by atoms with van der Waals surface area (Å²) in [6.45, 7) is 1.67. The fraction of sp³-hybridized carbons (Fsp3) is 0.733. The van der Waals surface area contributed by atoms with Crippen LogP contribution >= 0.6 is 11.8 Å². The number of aliphatic carboxylic acids is 1. The molecule has 1 heterocycles. The summed E-state index contributed by atoms with van der Waals surface area (Å²) in [5, 5.41) is 14.1. The second-order valence-corrected chi connectivity index (χ2v) is 6.92. The molecule has 3 amide bonds. The summed E-state index contributed by atoms with van der Waals surface area (Å²) in [5.74, 6) is -1.80. The predicted molar refractivity (Wildman–Crippen MR) is 94.0 cm³/mol. The maximum Gasteiger partial charge on any atom is 0.326 e. The SMILES string of the molecule is CSCCC(NC(=O)C1CCCN1C(=O)CNC(=O)C(C)N)C(=O)O. The molecule has 3 unspecified atom stereocenters. The van der Waals surface area contributed by atoms with Crippen LogP contribution in [-0.4, -0.2) is 76.9 Å². The molecule has 0 aromatic heterocycles. The quantitative estimate of drug-likeness (QED) is 0.395. The van der Waals surface area contributed by atoms with Crippen LogP contribution in [0, 0.1) is 0 Å². The van der Waals surface area contributed by atoms with Gasteiger partial charge in [-0.15, -0.1) is 0 Å². The maximum absolute atomic E-state index is 12.4. The molecular weight excluding hydrogens is 348 g/mol. The molecule has 1 saturated heterocycles. The van der Waals surface area contributed by atoms with Gasteiger partial charge < -0.3 is 26.4 Å². The molecular formula is C15H26N4O5S. The van der Waals surface area contributed by atoms with Crippen LogP contribution in [0.3, 0.4) is 0 Å². The van der Waals surface area contributed by atoms with Crippen molar-refractivity contribution >= 4 is 35.5 Å². The van der Waals surface area contributed by atoms with Gasteiger partial charge in [0.2, 0.25) is 17.7 Å². The van der Waals surface area contributed by atoms with E-state index in [4.69, 9.17) is 5.73 Å². The van der Waals surface area contributed by atoms with Gasteiger partial charge in [0.05, 0.1) is 12.6 Å². The minimum absolute atomic E-state index is 0.237. The molecule has 0 bridgehead atoms. The van der Waals surface area contributed by atoms with Gasteiger partial charge in [-0.05, 0) is 38.2 Å². The first-order valence-electron chi connectivity index (χ1n) is 8.12. The van der Waals surface area contributed by atoms with Crippen molar-refractivity contribution in [3.8, 4) is 0 Å². The highest BCUT2D eigenvalue weighted by Crippen LogP contribution is 2.18. The number of carbonyl (C=O) groups excluding carboxylic acids is 3. The smallest absolute Gasteiger partial charge is 0.326 e. The number of rotatable bonds is 9. The van der Waals surface area contributed by atoms with Crippen LogP contribution in [0.1, 0.15) is 26.2 Å². The zero-order chi connectivity index (χ0) is 19.0. The van der Waals surface area contributed by atoms with Gasteiger partial charge in [-0.1, -0.05) is 0 Å². The second kappa shape index (κ2) is 10.2. The number of nitrogens with two attached hydrogens (primary N) is 1. The van der Waals surface area contributed by atoms with E-state index in [1.807, 2.05) is 6.26 Å². The third kappa shape index (κ3) is 6.54. The minimum Gasteiger partial charge on any atom is -0.480 e. The fourth-order valence-corrected chi connectivity index (χ4v) is 3.00. The second-order valence-electron chi connectivity index (χ2n) is 5.93. The topological polar surface area (TPSA) is 142 Å². The molecule has 0 aromatic rings. The van der Waals surface area contributed by atoms with Crippen LogP contribution in [0.25, 0.3) is 0 Å². The Bertz CT molecular complexity index is 514. The Kier molecular flexibility index (Phi) is 8.70. The molecule has 25 heavy (non-hydrogen) atoms. The van der Waals surface area contributed by atoms with Crippen molar-refractivity contribution < 1.29 is 24.3 Å². The number of carbonyl (C=O) groups is 4. The number of thioether (sulfide) groups is 1. The number of hydrogen-bond acceptors (Lipinski definition) is 6. The molecule has 0 aliphatic carbocycles. The normalized spacial score (nSPS) is 19.2. The number of nitrogens with one attached hydrogen (secondary N) is 2. The minimum atomic E-state index is -1.09. The van der Waals surface area contributed by atoms with Crippen molar-refractivity contribution in [2.75, 3.05) is 25.1 Å². The van der Waals surface area contributed by atoms with E-state index >= 15 is 0 Å². The Morgan fingerprint density at radius 1 is 1.36 bits per heavy atom. The van der Waals surface area contributed by atoms with Gasteiger partial charge in [-0.2, -0.15) is 11.8 Å². The highest BCUT2D eigenvalue weighted by Gasteiger charge is 2.35. The molecule has 1 aliphatic rings. The van der Waals surface area contributed by atoms with E-state index in [9.17, 15) is 24.3 Å². The lowest BCUT2D eigenvalue weighted by Gasteiger charge is -2.25. The summed E-state index contributed by atoms with van der Waals surface area (Å²) in [7, 11) is 0. The molecule has 1 rings (SSSR count). The predicted octanol–water partition coefficient (Wildman–Crippen LogP) is -1.24. The van der Waals surface area contributed by atoms with Crippen LogP contribution in [-0.2, 0) is 19.2 Å². The molecule has 0 aromatic carbocycles. The molecule has 0 saturated carbocycles. The lowest BCUT2D eigenvalue weighted by molar-refractivity contribution is -0.144. The third-order valence-electron chi connectivity index (χ3n) is 3.93. The largest absolute Gasteiger partial charge is 0.480 e. The fourth-order valence-electron chi connectivity index (χ4n) is 2.52. The Labute approximate surface area is 151 Å². The van der Waals surface area contributed by atoms with Gasteiger partial charge in [-0.25, -0.2) is 4.79 Å². The Balaban J connectivity index is 2.63. The van der Waals surface area contributed by atoms with Gasteiger partial charge >= 0.3 is 5.97 Å². The van der Waals surface area contributed by atoms with E-state index in [2.05, 4.69) is 10.6 Å². The van der Waals surface area contributed by atoms with E-state index in [1.54, 1.807) is 0 Å². The average Bonchev–Trinajstić information content (AvgIpc) is 3.05. The average molecular weight is 374 g/mol. The van der Waals surface area contributed by atoms with Gasteiger partial charge in [-0.3, -0.25) is 14.4 Å². The van der Waals surface area contributed by atoms with Gasteiger partial charge in [0, 0.05) is 6.54 Å². The van der Waals surface area contributed by atoms with Crippen LogP contribution in [0.2, 0.25) is 0 Å². The van der Waals surface area contributed by atoms with Gasteiger partial charge in [0.1, 0.15) is 12.1 Å². The first kappa shape index (κ1) is 21.2. The van der Waals surface area contributed by atoms with Crippen LogP contribution in [0.5, 0.6) is 0 Å². The van der Waals surface area contributed by atoms with E-state index in [0.717, 1.165) is 0 Å². The standard InChI is InChI=1S/C15H26N4O5S/c1-9(16)13(21)17-8-12(20)19-6-3-4-11(19)14(22)18-10(15(23)24)5-7-25-2/h9-11H,3-8,16H2,1-2H3,(H,17,21)(H,18,22)(H,23,24). The van der Waals surface area contributed by atoms with Crippen molar-refractivity contribution in [2.45, 2.75) is 44.3 Å². The Morgan fingerprint density at radius 2 is 2.04 bits per heavy atom. The highest BCUT2D eigenvalue weighted by molar-refractivity contribution is 7.98. The first-order valence-corrected chi connectivity index (χ1v) is 9.52. The Morgan fingerprint density at radius 3 is 2.60 bits per heavy atom. The number of carboxylic acids is 1. The molecule has 3 atom stereocenters. The Hall–Kier alpha value is -1.81. The van der Waals surface area contributed by atoms with Crippen LogP contribution in [0.4, 0.5) is 0 Å². The summed E-state index contributed by atoms with van der Waals surface area (Å²) >= 11 is 1.49. The summed E-state index contributed by atoms with van der Waals surface area (Å²) in [6.07, 6.45) is 3.28. The van der Waals surface area contributed by atoms with Crippen LogP contribution in [0.15, 0.2) is 0 Å². The van der Waals surface area contributed by atoms with E-state index in [0.29, 0.717) is 31.6 Å². The molecule has 5 N–H and O–H groups in total. The van der Waals surface area contributed by atoms with Crippen molar-refractivity contribution in [2.24, 2.45) is 5.73 Å². The van der Waals surface area contributed by atoms with Crippen LogP contribution < -0.4 is 16.4 Å². The highest BCUT2D eigenvalue weighted by atomic mass is 32.2. The molecule has 9 nitrogen and oxygen atoms in total. The number of carboxylic acid groups (broad SMARTS) is 1. The molecule has 0 spiro atoms. The van der Waals surface area contributed by atoms with Gasteiger partial charge in [0.25, 0.3) is 0 Å². The van der Waals surface area contributed by atoms with Gasteiger partial charge in [0.15, 0.2) is 0 Å². The van der Waals surface area contributed by atoms with E-state index < -0.39 is 35.9 Å².